The Morgan fingerprint density at radius 2 is 1.91 bits per heavy atom. The molecule has 1 aromatic carbocycles. The molecular formula is C19H29NO2. The van der Waals surface area contributed by atoms with Crippen molar-refractivity contribution < 1.29 is 9.90 Å². The Labute approximate surface area is 134 Å². The summed E-state index contributed by atoms with van der Waals surface area (Å²) in [6, 6.07) is 10.1. The molecule has 3 heteroatoms. The normalized spacial score (nSPS) is 21.5. The van der Waals surface area contributed by atoms with Gasteiger partial charge in [0, 0.05) is 19.6 Å². The van der Waals surface area contributed by atoms with Crippen LogP contribution in [0.5, 0.6) is 0 Å². The summed E-state index contributed by atoms with van der Waals surface area (Å²) in [5.41, 5.74) is 1.37. The van der Waals surface area contributed by atoms with Gasteiger partial charge in [0.1, 0.15) is 0 Å². The fraction of sp³-hybridized carbons (Fsp3) is 0.632. The molecule has 1 amide bonds. The second-order valence-corrected chi connectivity index (χ2v) is 7.42. The van der Waals surface area contributed by atoms with Crippen LogP contribution in [0.3, 0.4) is 0 Å². The van der Waals surface area contributed by atoms with Gasteiger partial charge in [0.05, 0.1) is 6.04 Å². The first-order chi connectivity index (χ1) is 10.4. The minimum absolute atomic E-state index is 0.00239. The Morgan fingerprint density at radius 3 is 2.50 bits per heavy atom. The van der Waals surface area contributed by atoms with Crippen molar-refractivity contribution in [3.8, 4) is 0 Å². The van der Waals surface area contributed by atoms with Crippen LogP contribution in [0.1, 0.15) is 58.1 Å². The molecule has 1 aliphatic heterocycles. The van der Waals surface area contributed by atoms with Gasteiger partial charge in [-0.1, -0.05) is 51.1 Å². The third-order valence-corrected chi connectivity index (χ3v) is 4.93. The van der Waals surface area contributed by atoms with E-state index in [2.05, 4.69) is 32.9 Å². The maximum atomic E-state index is 12.6. The zero-order valence-electron chi connectivity index (χ0n) is 14.1. The number of rotatable bonds is 4. The number of likely N-dealkylation sites (tertiary alicyclic amines) is 1. The molecule has 1 saturated heterocycles. The van der Waals surface area contributed by atoms with Crippen LogP contribution in [0, 0.1) is 11.3 Å². The Kier molecular flexibility index (Phi) is 5.63. The number of nitrogens with zero attached hydrogens (tertiary/aromatic N) is 1. The first kappa shape index (κ1) is 17.0. The maximum Gasteiger partial charge on any atom is 0.223 e. The smallest absolute Gasteiger partial charge is 0.223 e. The lowest BCUT2D eigenvalue weighted by Gasteiger charge is -2.32. The van der Waals surface area contributed by atoms with Gasteiger partial charge >= 0.3 is 0 Å². The molecule has 0 bridgehead atoms. The van der Waals surface area contributed by atoms with E-state index < -0.39 is 0 Å². The number of aliphatic hydroxyl groups excluding tert-OH is 1. The van der Waals surface area contributed by atoms with Crippen LogP contribution >= 0.6 is 0 Å². The monoisotopic (exact) mass is 303 g/mol. The highest BCUT2D eigenvalue weighted by molar-refractivity contribution is 5.77. The van der Waals surface area contributed by atoms with E-state index in [9.17, 15) is 9.90 Å². The van der Waals surface area contributed by atoms with Crippen molar-refractivity contribution in [1.29, 1.82) is 0 Å². The summed E-state index contributed by atoms with van der Waals surface area (Å²) in [5, 5.41) is 9.43. The van der Waals surface area contributed by atoms with E-state index in [-0.39, 0.29) is 24.0 Å². The molecule has 0 aliphatic carbocycles. The summed E-state index contributed by atoms with van der Waals surface area (Å²) in [5.74, 6) is 0.807. The first-order valence-corrected chi connectivity index (χ1v) is 8.38. The van der Waals surface area contributed by atoms with Gasteiger partial charge in [0.15, 0.2) is 0 Å². The lowest BCUT2D eigenvalue weighted by Crippen LogP contribution is -2.35. The van der Waals surface area contributed by atoms with Gasteiger partial charge in [0.2, 0.25) is 5.91 Å². The van der Waals surface area contributed by atoms with Crippen molar-refractivity contribution in [1.82, 2.24) is 4.90 Å². The molecule has 3 nitrogen and oxygen atoms in total. The summed E-state index contributed by atoms with van der Waals surface area (Å²) in [6.45, 7) is 7.69. The molecular weight excluding hydrogens is 274 g/mol. The number of carbonyl (C=O) groups is 1. The van der Waals surface area contributed by atoms with Crippen molar-refractivity contribution in [3.63, 3.8) is 0 Å². The van der Waals surface area contributed by atoms with E-state index in [1.54, 1.807) is 0 Å². The van der Waals surface area contributed by atoms with Gasteiger partial charge in [-0.3, -0.25) is 4.79 Å². The number of hydrogen-bond donors (Lipinski definition) is 1. The maximum absolute atomic E-state index is 12.6. The summed E-state index contributed by atoms with van der Waals surface area (Å²) < 4.78 is 0. The quantitative estimate of drug-likeness (QED) is 0.919. The van der Waals surface area contributed by atoms with Crippen LogP contribution in [-0.2, 0) is 4.79 Å². The van der Waals surface area contributed by atoms with Gasteiger partial charge in [-0.2, -0.15) is 0 Å². The Balaban J connectivity index is 2.19. The molecule has 1 aliphatic rings. The number of benzene rings is 1. The molecule has 2 rings (SSSR count). The molecule has 1 heterocycles. The molecule has 0 radical (unpaired) electrons. The minimum atomic E-state index is -0.00239. The van der Waals surface area contributed by atoms with Gasteiger partial charge in [0.25, 0.3) is 0 Å². The van der Waals surface area contributed by atoms with E-state index in [1.165, 1.54) is 0 Å². The lowest BCUT2D eigenvalue weighted by molar-refractivity contribution is -0.133. The first-order valence-electron chi connectivity index (χ1n) is 8.38. The second kappa shape index (κ2) is 7.28. The zero-order valence-corrected chi connectivity index (χ0v) is 14.1. The van der Waals surface area contributed by atoms with Crippen molar-refractivity contribution in [2.24, 2.45) is 11.3 Å². The predicted octanol–water partition coefficient (Wildman–Crippen LogP) is 3.78. The van der Waals surface area contributed by atoms with Crippen molar-refractivity contribution in [2.75, 3.05) is 13.2 Å². The Bertz CT molecular complexity index is 478. The summed E-state index contributed by atoms with van der Waals surface area (Å²) >= 11 is 0. The minimum Gasteiger partial charge on any atom is -0.396 e. The van der Waals surface area contributed by atoms with Crippen LogP contribution in [-0.4, -0.2) is 29.1 Å². The molecule has 1 aromatic rings. The third-order valence-electron chi connectivity index (χ3n) is 4.93. The van der Waals surface area contributed by atoms with E-state index in [1.807, 2.05) is 23.1 Å². The predicted molar refractivity (Wildman–Crippen MR) is 89.4 cm³/mol. The molecule has 0 unspecified atom stereocenters. The summed E-state index contributed by atoms with van der Waals surface area (Å²) in [6.07, 6.45) is 3.25. The Morgan fingerprint density at radius 1 is 1.23 bits per heavy atom. The molecule has 2 atom stereocenters. The van der Waals surface area contributed by atoms with Crippen LogP contribution in [0.2, 0.25) is 0 Å². The van der Waals surface area contributed by atoms with Gasteiger partial charge in [-0.25, -0.2) is 0 Å². The number of carbonyl (C=O) groups excluding carboxylic acids is 1. The van der Waals surface area contributed by atoms with Crippen LogP contribution in [0.4, 0.5) is 0 Å². The highest BCUT2D eigenvalue weighted by Crippen LogP contribution is 2.37. The Hall–Kier alpha value is -1.35. The number of aliphatic hydroxyl groups is 1. The molecule has 0 aromatic heterocycles. The topological polar surface area (TPSA) is 40.5 Å². The van der Waals surface area contributed by atoms with Crippen molar-refractivity contribution in [3.05, 3.63) is 35.9 Å². The fourth-order valence-electron chi connectivity index (χ4n) is 3.50. The van der Waals surface area contributed by atoms with Crippen molar-refractivity contribution in [2.45, 2.75) is 52.5 Å². The highest BCUT2D eigenvalue weighted by atomic mass is 16.3. The highest BCUT2D eigenvalue weighted by Gasteiger charge is 2.32. The average Bonchev–Trinajstić information content (AvgIpc) is 2.67. The SMILES string of the molecule is CC(C)(C)[C@@H]1CCC(=O)N([C@@H](CCO)c2ccccc2)CC1. The molecule has 1 fully saturated rings. The van der Waals surface area contributed by atoms with Gasteiger partial charge in [-0.15, -0.1) is 0 Å². The number of hydrogen-bond acceptors (Lipinski definition) is 2. The number of amides is 1. The molecule has 0 spiro atoms. The van der Waals surface area contributed by atoms with Gasteiger partial charge in [-0.05, 0) is 36.2 Å². The van der Waals surface area contributed by atoms with Gasteiger partial charge < -0.3 is 10.0 Å². The standard InChI is InChI=1S/C19H29NO2/c1-19(2,3)16-9-10-18(22)20(13-11-16)17(12-14-21)15-7-5-4-6-8-15/h4-8,16-17,21H,9-14H2,1-3H3/t16-,17+/m1/s1. The zero-order chi connectivity index (χ0) is 16.2. The van der Waals surface area contributed by atoms with E-state index in [0.717, 1.165) is 24.9 Å². The molecule has 22 heavy (non-hydrogen) atoms. The van der Waals surface area contributed by atoms with E-state index in [0.29, 0.717) is 18.8 Å². The van der Waals surface area contributed by atoms with Crippen LogP contribution < -0.4 is 0 Å². The lowest BCUT2D eigenvalue weighted by atomic mass is 9.76. The van der Waals surface area contributed by atoms with E-state index in [4.69, 9.17) is 0 Å². The molecule has 1 N–H and O–H groups in total. The van der Waals surface area contributed by atoms with E-state index >= 15 is 0 Å². The molecule has 122 valence electrons. The average molecular weight is 303 g/mol. The largest absolute Gasteiger partial charge is 0.396 e. The van der Waals surface area contributed by atoms with Crippen molar-refractivity contribution >= 4 is 5.91 Å². The van der Waals surface area contributed by atoms with Crippen LogP contribution in [0.25, 0.3) is 0 Å². The third kappa shape index (κ3) is 4.10. The summed E-state index contributed by atoms with van der Waals surface area (Å²) in [7, 11) is 0. The fourth-order valence-corrected chi connectivity index (χ4v) is 3.50. The second-order valence-electron chi connectivity index (χ2n) is 7.42. The summed E-state index contributed by atoms with van der Waals surface area (Å²) in [4.78, 5) is 14.6. The van der Waals surface area contributed by atoms with Crippen LogP contribution in [0.15, 0.2) is 30.3 Å². The molecule has 0 saturated carbocycles.